The molecule has 2 heterocycles. The first-order chi connectivity index (χ1) is 13.9. The lowest BCUT2D eigenvalue weighted by atomic mass is 10.1. The van der Waals surface area contributed by atoms with E-state index in [-0.39, 0.29) is 18.6 Å². The van der Waals surface area contributed by atoms with Gasteiger partial charge >= 0.3 is 0 Å². The second-order valence-electron chi connectivity index (χ2n) is 7.07. The average Bonchev–Trinajstić information content (AvgIpc) is 3.07. The predicted octanol–water partition coefficient (Wildman–Crippen LogP) is 2.74. The topological polar surface area (TPSA) is 105 Å². The average molecular weight is 394 g/mol. The van der Waals surface area contributed by atoms with Gasteiger partial charge in [0, 0.05) is 18.9 Å². The minimum atomic E-state index is -0.284. The van der Waals surface area contributed by atoms with E-state index < -0.39 is 0 Å². The first-order valence-corrected chi connectivity index (χ1v) is 9.54. The van der Waals surface area contributed by atoms with Crippen molar-refractivity contribution < 1.29 is 9.90 Å². The zero-order valence-electron chi connectivity index (χ0n) is 17.1. The van der Waals surface area contributed by atoms with Crippen LogP contribution in [-0.4, -0.2) is 43.4 Å². The smallest absolute Gasteiger partial charge is 0.269 e. The van der Waals surface area contributed by atoms with Crippen molar-refractivity contribution in [2.24, 2.45) is 7.05 Å². The van der Waals surface area contributed by atoms with E-state index in [2.05, 4.69) is 31.8 Å². The van der Waals surface area contributed by atoms with Gasteiger partial charge in [-0.3, -0.25) is 9.48 Å². The Kier molecular flexibility index (Phi) is 6.23. The van der Waals surface area contributed by atoms with Crippen LogP contribution in [0.4, 0.5) is 11.6 Å². The van der Waals surface area contributed by atoms with Crippen LogP contribution in [0.5, 0.6) is 0 Å². The summed E-state index contributed by atoms with van der Waals surface area (Å²) in [6.45, 7) is 5.87. The highest BCUT2D eigenvalue weighted by Gasteiger charge is 2.18. The molecule has 0 spiro atoms. The van der Waals surface area contributed by atoms with E-state index in [9.17, 15) is 9.90 Å². The summed E-state index contributed by atoms with van der Waals surface area (Å²) in [6.07, 6.45) is 2.30. The van der Waals surface area contributed by atoms with Crippen molar-refractivity contribution in [1.82, 2.24) is 25.1 Å². The van der Waals surface area contributed by atoms with Crippen LogP contribution in [0.2, 0.25) is 0 Å². The van der Waals surface area contributed by atoms with Crippen LogP contribution in [0.3, 0.4) is 0 Å². The number of aromatic nitrogens is 4. The van der Waals surface area contributed by atoms with Crippen LogP contribution >= 0.6 is 0 Å². The number of hydrogen-bond acceptors (Lipinski definition) is 6. The fourth-order valence-electron chi connectivity index (χ4n) is 3.08. The summed E-state index contributed by atoms with van der Waals surface area (Å²) in [7, 11) is 1.70. The highest BCUT2D eigenvalue weighted by Crippen LogP contribution is 2.21. The lowest BCUT2D eigenvalue weighted by molar-refractivity contribution is 0.0905. The standard InChI is InChI=1S/C21H26N6O2/c1-5-15(12-28)23-20(29)19-11-18(26-27(19)4)17-6-7-22-21(25-17)24-16-9-13(2)8-14(3)10-16/h6-11,15,28H,5,12H2,1-4H3,(H,23,29)(H,22,24,25). The Morgan fingerprint density at radius 1 is 1.17 bits per heavy atom. The molecule has 3 aromatic rings. The molecule has 3 N–H and O–H groups in total. The summed E-state index contributed by atoms with van der Waals surface area (Å²) in [6, 6.07) is 9.30. The first kappa shape index (κ1) is 20.5. The molecule has 0 radical (unpaired) electrons. The van der Waals surface area contributed by atoms with Crippen LogP contribution in [0.1, 0.15) is 35.0 Å². The summed E-state index contributed by atoms with van der Waals surface area (Å²) in [4.78, 5) is 21.3. The van der Waals surface area contributed by atoms with E-state index in [4.69, 9.17) is 0 Å². The predicted molar refractivity (Wildman–Crippen MR) is 112 cm³/mol. The maximum absolute atomic E-state index is 12.5. The molecule has 0 bridgehead atoms. The van der Waals surface area contributed by atoms with Gasteiger partial charge < -0.3 is 15.7 Å². The maximum Gasteiger partial charge on any atom is 0.269 e. The quantitative estimate of drug-likeness (QED) is 0.569. The summed E-state index contributed by atoms with van der Waals surface area (Å²) in [5.41, 5.74) is 4.79. The number of aliphatic hydroxyl groups is 1. The molecule has 2 aromatic heterocycles. The Balaban J connectivity index is 1.83. The van der Waals surface area contributed by atoms with Crippen molar-refractivity contribution in [3.05, 3.63) is 53.3 Å². The molecule has 0 fully saturated rings. The maximum atomic E-state index is 12.5. The molecule has 1 atom stereocenters. The molecule has 8 nitrogen and oxygen atoms in total. The minimum absolute atomic E-state index is 0.105. The second-order valence-corrected chi connectivity index (χ2v) is 7.07. The number of anilines is 2. The normalized spacial score (nSPS) is 11.9. The van der Waals surface area contributed by atoms with Gasteiger partial charge in [-0.05, 0) is 55.7 Å². The highest BCUT2D eigenvalue weighted by atomic mass is 16.3. The largest absolute Gasteiger partial charge is 0.394 e. The number of aryl methyl sites for hydroxylation is 3. The summed E-state index contributed by atoms with van der Waals surface area (Å²) in [5, 5.41) is 19.7. The van der Waals surface area contributed by atoms with Crippen LogP contribution in [-0.2, 0) is 7.05 Å². The van der Waals surface area contributed by atoms with E-state index in [1.807, 2.05) is 32.9 Å². The van der Waals surface area contributed by atoms with E-state index in [0.29, 0.717) is 29.5 Å². The van der Waals surface area contributed by atoms with Crippen LogP contribution in [0, 0.1) is 13.8 Å². The Morgan fingerprint density at radius 3 is 2.55 bits per heavy atom. The Labute approximate surface area is 170 Å². The highest BCUT2D eigenvalue weighted by molar-refractivity contribution is 5.93. The van der Waals surface area contributed by atoms with E-state index in [1.54, 1.807) is 25.4 Å². The third-order valence-corrected chi connectivity index (χ3v) is 4.56. The lowest BCUT2D eigenvalue weighted by Crippen LogP contribution is -2.37. The molecule has 1 amide bonds. The van der Waals surface area contributed by atoms with Gasteiger partial charge in [-0.2, -0.15) is 5.10 Å². The van der Waals surface area contributed by atoms with E-state index in [0.717, 1.165) is 16.8 Å². The SMILES string of the molecule is CCC(CO)NC(=O)c1cc(-c2ccnc(Nc3cc(C)cc(C)c3)n2)nn1C. The number of carbonyl (C=O) groups is 1. The van der Waals surface area contributed by atoms with Crippen molar-refractivity contribution in [2.75, 3.05) is 11.9 Å². The number of carbonyl (C=O) groups excluding carboxylic acids is 1. The number of nitrogens with zero attached hydrogens (tertiary/aromatic N) is 4. The van der Waals surface area contributed by atoms with Gasteiger partial charge in [-0.25, -0.2) is 9.97 Å². The van der Waals surface area contributed by atoms with Gasteiger partial charge in [0.25, 0.3) is 5.91 Å². The van der Waals surface area contributed by atoms with Gasteiger partial charge in [0.2, 0.25) is 5.95 Å². The molecule has 1 unspecified atom stereocenters. The van der Waals surface area contributed by atoms with Crippen molar-refractivity contribution in [1.29, 1.82) is 0 Å². The van der Waals surface area contributed by atoms with Crippen molar-refractivity contribution >= 4 is 17.5 Å². The third-order valence-electron chi connectivity index (χ3n) is 4.56. The fraction of sp³-hybridized carbons (Fsp3) is 0.333. The molecule has 152 valence electrons. The van der Waals surface area contributed by atoms with Gasteiger partial charge in [0.1, 0.15) is 11.4 Å². The summed E-state index contributed by atoms with van der Waals surface area (Å²) < 4.78 is 1.51. The van der Waals surface area contributed by atoms with Crippen LogP contribution in [0.15, 0.2) is 36.5 Å². The molecule has 0 aliphatic heterocycles. The Bertz CT molecular complexity index is 990. The van der Waals surface area contributed by atoms with Crippen molar-refractivity contribution in [3.63, 3.8) is 0 Å². The second kappa shape index (κ2) is 8.83. The molecule has 3 rings (SSSR count). The number of hydrogen-bond donors (Lipinski definition) is 3. The summed E-state index contributed by atoms with van der Waals surface area (Å²) in [5.74, 6) is 0.172. The number of nitrogens with one attached hydrogen (secondary N) is 2. The van der Waals surface area contributed by atoms with Crippen LogP contribution in [0.25, 0.3) is 11.4 Å². The van der Waals surface area contributed by atoms with Crippen LogP contribution < -0.4 is 10.6 Å². The third kappa shape index (κ3) is 4.97. The number of rotatable bonds is 7. The summed E-state index contributed by atoms with van der Waals surface area (Å²) >= 11 is 0. The van der Waals surface area contributed by atoms with E-state index in [1.165, 1.54) is 4.68 Å². The molecular weight excluding hydrogens is 368 g/mol. The zero-order chi connectivity index (χ0) is 21.0. The Hall–Kier alpha value is -3.26. The van der Waals surface area contributed by atoms with Gasteiger partial charge in [0.05, 0.1) is 18.3 Å². The molecule has 0 aliphatic rings. The van der Waals surface area contributed by atoms with Crippen molar-refractivity contribution in [3.8, 4) is 11.4 Å². The van der Waals surface area contributed by atoms with Gasteiger partial charge in [0.15, 0.2) is 0 Å². The molecule has 8 heteroatoms. The molecular formula is C21H26N6O2. The fourth-order valence-corrected chi connectivity index (χ4v) is 3.08. The first-order valence-electron chi connectivity index (χ1n) is 9.54. The molecule has 29 heavy (non-hydrogen) atoms. The van der Waals surface area contributed by atoms with Crippen molar-refractivity contribution in [2.45, 2.75) is 33.2 Å². The number of benzene rings is 1. The zero-order valence-corrected chi connectivity index (χ0v) is 17.1. The van der Waals surface area contributed by atoms with E-state index >= 15 is 0 Å². The van der Waals surface area contributed by atoms with Gasteiger partial charge in [-0.15, -0.1) is 0 Å². The molecule has 1 aromatic carbocycles. The molecule has 0 saturated heterocycles. The molecule has 0 aliphatic carbocycles. The minimum Gasteiger partial charge on any atom is -0.394 e. The lowest BCUT2D eigenvalue weighted by Gasteiger charge is -2.13. The van der Waals surface area contributed by atoms with Gasteiger partial charge in [-0.1, -0.05) is 13.0 Å². The molecule has 0 saturated carbocycles. The number of amides is 1. The monoisotopic (exact) mass is 394 g/mol. The Morgan fingerprint density at radius 2 is 1.90 bits per heavy atom. The number of aliphatic hydroxyl groups excluding tert-OH is 1.